The molecule has 5 rings (SSSR count). The Morgan fingerprint density at radius 1 is 1.14 bits per heavy atom. The number of fused-ring (bicyclic) bond motifs is 1. The molecular formula is C27H21ClFNO5. The second-order valence-corrected chi connectivity index (χ2v) is 8.91. The molecule has 1 N–H and O–H groups in total. The summed E-state index contributed by atoms with van der Waals surface area (Å²) >= 11 is 5.99. The largest absolute Gasteiger partial charge is 0.507 e. The molecule has 3 aromatic carbocycles. The van der Waals surface area contributed by atoms with Crippen LogP contribution in [0.1, 0.15) is 29.7 Å². The van der Waals surface area contributed by atoms with Crippen LogP contribution in [0.25, 0.3) is 5.76 Å². The van der Waals surface area contributed by atoms with E-state index in [1.165, 1.54) is 24.1 Å². The van der Waals surface area contributed by atoms with Crippen molar-refractivity contribution < 1.29 is 28.6 Å². The first-order chi connectivity index (χ1) is 16.8. The third kappa shape index (κ3) is 3.91. The van der Waals surface area contributed by atoms with Crippen molar-refractivity contribution in [3.63, 3.8) is 0 Å². The van der Waals surface area contributed by atoms with Gasteiger partial charge in [0.15, 0.2) is 0 Å². The van der Waals surface area contributed by atoms with Gasteiger partial charge in [-0.3, -0.25) is 14.5 Å². The van der Waals surface area contributed by atoms with Gasteiger partial charge in [0.05, 0.1) is 23.7 Å². The quantitative estimate of drug-likeness (QED) is 0.297. The molecule has 35 heavy (non-hydrogen) atoms. The summed E-state index contributed by atoms with van der Waals surface area (Å²) in [6.07, 6.45) is 0.672. The number of carbonyl (C=O) groups excluding carboxylic acids is 2. The van der Waals surface area contributed by atoms with Crippen molar-refractivity contribution in [2.45, 2.75) is 25.5 Å². The van der Waals surface area contributed by atoms with Gasteiger partial charge in [-0.25, -0.2) is 4.39 Å². The molecule has 2 atom stereocenters. The number of anilines is 1. The SMILES string of the molecule is COc1cccc(C2/C(=C(/O)c3ccc4c(c3)CC(C)O4)C(=O)C(=O)N2c2ccc(F)c(Cl)c2)c1. The van der Waals surface area contributed by atoms with Gasteiger partial charge in [0.1, 0.15) is 29.2 Å². The van der Waals surface area contributed by atoms with Crippen molar-refractivity contribution in [2.24, 2.45) is 0 Å². The smallest absolute Gasteiger partial charge is 0.300 e. The highest BCUT2D eigenvalue weighted by Crippen LogP contribution is 2.44. The van der Waals surface area contributed by atoms with Crippen molar-refractivity contribution in [3.05, 3.63) is 93.8 Å². The molecule has 0 aliphatic carbocycles. The average molecular weight is 494 g/mol. The Morgan fingerprint density at radius 2 is 1.94 bits per heavy atom. The highest BCUT2D eigenvalue weighted by Gasteiger charge is 2.47. The van der Waals surface area contributed by atoms with E-state index in [9.17, 15) is 19.1 Å². The van der Waals surface area contributed by atoms with E-state index in [0.717, 1.165) is 17.4 Å². The molecule has 2 aliphatic rings. The lowest BCUT2D eigenvalue weighted by Crippen LogP contribution is -2.29. The van der Waals surface area contributed by atoms with Crippen LogP contribution in [0.15, 0.2) is 66.2 Å². The third-order valence-electron chi connectivity index (χ3n) is 6.20. The van der Waals surface area contributed by atoms with Crippen LogP contribution < -0.4 is 14.4 Å². The molecule has 3 aromatic rings. The van der Waals surface area contributed by atoms with Crippen molar-refractivity contribution >= 4 is 34.7 Å². The van der Waals surface area contributed by atoms with Crippen LogP contribution in [0, 0.1) is 5.82 Å². The zero-order chi connectivity index (χ0) is 24.9. The summed E-state index contributed by atoms with van der Waals surface area (Å²) in [5, 5.41) is 11.2. The number of benzene rings is 3. The standard InChI is InChI=1S/C27H21ClFNO5/c1-14-10-17-11-16(6-9-22(17)35-14)25(31)23-24(15-4-3-5-19(12-15)34-2)30(27(33)26(23)32)18-7-8-21(29)20(28)13-18/h3-9,11-14,24,31H,10H2,1-2H3/b25-23-. The maximum absolute atomic E-state index is 13.9. The molecule has 178 valence electrons. The second-order valence-electron chi connectivity index (χ2n) is 8.50. The Morgan fingerprint density at radius 3 is 2.69 bits per heavy atom. The van der Waals surface area contributed by atoms with E-state index >= 15 is 0 Å². The fraction of sp³-hybridized carbons (Fsp3) is 0.185. The van der Waals surface area contributed by atoms with Crippen LogP contribution >= 0.6 is 11.6 Å². The summed E-state index contributed by atoms with van der Waals surface area (Å²) in [7, 11) is 1.50. The van der Waals surface area contributed by atoms with Crippen LogP contribution in [0.3, 0.4) is 0 Å². The van der Waals surface area contributed by atoms with Crippen molar-refractivity contribution in [1.29, 1.82) is 0 Å². The first-order valence-corrected chi connectivity index (χ1v) is 11.4. The number of nitrogens with zero attached hydrogens (tertiary/aromatic N) is 1. The van der Waals surface area contributed by atoms with E-state index in [-0.39, 0.29) is 28.1 Å². The fourth-order valence-corrected chi connectivity index (χ4v) is 4.76. The van der Waals surface area contributed by atoms with Crippen LogP contribution in [-0.2, 0) is 16.0 Å². The number of aliphatic hydroxyl groups excluding tert-OH is 1. The van der Waals surface area contributed by atoms with Gasteiger partial charge in [0.25, 0.3) is 11.7 Å². The van der Waals surface area contributed by atoms with Gasteiger partial charge in [-0.1, -0.05) is 23.7 Å². The van der Waals surface area contributed by atoms with Gasteiger partial charge < -0.3 is 14.6 Å². The average Bonchev–Trinajstić information content (AvgIpc) is 3.36. The summed E-state index contributed by atoms with van der Waals surface area (Å²) in [5.41, 5.74) is 1.96. The molecule has 2 heterocycles. The van der Waals surface area contributed by atoms with Gasteiger partial charge in [-0.15, -0.1) is 0 Å². The van der Waals surface area contributed by atoms with Crippen LogP contribution in [-0.4, -0.2) is 30.0 Å². The van der Waals surface area contributed by atoms with Gasteiger partial charge in [0, 0.05) is 17.7 Å². The minimum absolute atomic E-state index is 0.00739. The first-order valence-electron chi connectivity index (χ1n) is 11.0. The number of halogens is 2. The monoisotopic (exact) mass is 493 g/mol. The highest BCUT2D eigenvalue weighted by molar-refractivity contribution is 6.51. The summed E-state index contributed by atoms with van der Waals surface area (Å²) in [5.74, 6) is -1.46. The Kier molecular flexibility index (Phi) is 5.73. The maximum atomic E-state index is 13.9. The predicted molar refractivity (Wildman–Crippen MR) is 129 cm³/mol. The number of hydrogen-bond donors (Lipinski definition) is 1. The van der Waals surface area contributed by atoms with E-state index < -0.39 is 23.5 Å². The van der Waals surface area contributed by atoms with E-state index in [0.29, 0.717) is 23.3 Å². The number of carbonyl (C=O) groups is 2. The first kappa shape index (κ1) is 22.9. The van der Waals surface area contributed by atoms with Gasteiger partial charge >= 0.3 is 0 Å². The van der Waals surface area contributed by atoms with Crippen molar-refractivity contribution in [2.75, 3.05) is 12.0 Å². The van der Waals surface area contributed by atoms with E-state index in [1.807, 2.05) is 6.92 Å². The topological polar surface area (TPSA) is 76.1 Å². The molecule has 1 saturated heterocycles. The van der Waals surface area contributed by atoms with E-state index in [1.54, 1.807) is 42.5 Å². The molecule has 0 radical (unpaired) electrons. The predicted octanol–water partition coefficient (Wildman–Crippen LogP) is 5.44. The molecule has 1 amide bonds. The second kappa shape index (κ2) is 8.74. The third-order valence-corrected chi connectivity index (χ3v) is 6.49. The number of hydrogen-bond acceptors (Lipinski definition) is 5. The summed E-state index contributed by atoms with van der Waals surface area (Å²) in [4.78, 5) is 27.8. The molecule has 0 aromatic heterocycles. The summed E-state index contributed by atoms with van der Waals surface area (Å²) in [6.45, 7) is 1.95. The number of rotatable bonds is 4. The van der Waals surface area contributed by atoms with Crippen LogP contribution in [0.4, 0.5) is 10.1 Å². The summed E-state index contributed by atoms with van der Waals surface area (Å²) < 4.78 is 24.9. The lowest BCUT2D eigenvalue weighted by molar-refractivity contribution is -0.132. The fourth-order valence-electron chi connectivity index (χ4n) is 4.59. The number of aliphatic hydroxyl groups is 1. The number of amides is 1. The van der Waals surface area contributed by atoms with Gasteiger partial charge in [-0.2, -0.15) is 0 Å². The molecule has 6 nitrogen and oxygen atoms in total. The minimum atomic E-state index is -0.991. The normalized spacial score (nSPS) is 20.6. The Hall–Kier alpha value is -3.84. The molecule has 1 fully saturated rings. The van der Waals surface area contributed by atoms with Gasteiger partial charge in [0.2, 0.25) is 0 Å². The lowest BCUT2D eigenvalue weighted by atomic mass is 9.94. The van der Waals surface area contributed by atoms with E-state index in [2.05, 4.69) is 0 Å². The number of ether oxygens (including phenoxy) is 2. The summed E-state index contributed by atoms with van der Waals surface area (Å²) in [6, 6.07) is 14.8. The van der Waals surface area contributed by atoms with Crippen molar-refractivity contribution in [1.82, 2.24) is 0 Å². The molecule has 0 saturated carbocycles. The lowest BCUT2D eigenvalue weighted by Gasteiger charge is -2.26. The van der Waals surface area contributed by atoms with Crippen LogP contribution in [0.5, 0.6) is 11.5 Å². The number of Topliss-reactive ketones (excluding diaryl/α,β-unsaturated/α-hetero) is 1. The van der Waals surface area contributed by atoms with Crippen LogP contribution in [0.2, 0.25) is 5.02 Å². The van der Waals surface area contributed by atoms with Gasteiger partial charge in [-0.05, 0) is 66.6 Å². The molecular weight excluding hydrogens is 473 g/mol. The minimum Gasteiger partial charge on any atom is -0.507 e. The van der Waals surface area contributed by atoms with E-state index in [4.69, 9.17) is 21.1 Å². The zero-order valence-corrected chi connectivity index (χ0v) is 19.7. The maximum Gasteiger partial charge on any atom is 0.300 e. The number of methoxy groups -OCH3 is 1. The Balaban J connectivity index is 1.71. The number of ketones is 1. The highest BCUT2D eigenvalue weighted by atomic mass is 35.5. The molecule has 2 aliphatic heterocycles. The Labute approximate surface area is 206 Å². The molecule has 8 heteroatoms. The zero-order valence-electron chi connectivity index (χ0n) is 18.9. The molecule has 0 bridgehead atoms. The van der Waals surface area contributed by atoms with Crippen molar-refractivity contribution in [3.8, 4) is 11.5 Å². The molecule has 2 unspecified atom stereocenters. The molecule has 0 spiro atoms. The Bertz CT molecular complexity index is 1400.